The minimum atomic E-state index is -1.43. The monoisotopic (exact) mass is 380 g/mol. The number of hydrogen-bond donors (Lipinski definition) is 4. The van der Waals surface area contributed by atoms with Crippen molar-refractivity contribution in [2.75, 3.05) is 6.54 Å². The van der Waals surface area contributed by atoms with Crippen molar-refractivity contribution in [1.29, 1.82) is 0 Å². The lowest BCUT2D eigenvalue weighted by molar-refractivity contribution is -0.147. The van der Waals surface area contributed by atoms with Gasteiger partial charge >= 0.3 is 18.0 Å². The van der Waals surface area contributed by atoms with E-state index in [0.29, 0.717) is 25.8 Å². The molecule has 0 unspecified atom stereocenters. The number of hydrogen-bond acceptors (Lipinski definition) is 5. The Balaban J connectivity index is 2.08. The third kappa shape index (κ3) is 10.5. The molecule has 1 aromatic rings. The van der Waals surface area contributed by atoms with E-state index in [4.69, 9.17) is 14.9 Å². The van der Waals surface area contributed by atoms with Crippen LogP contribution in [0.5, 0.6) is 0 Å². The Bertz CT molecular complexity index is 634. The number of aliphatic carboxylic acids is 2. The number of alkyl carbamates (subject to hydrolysis) is 1. The molecular formula is C18H24N2O7. The normalized spacial score (nSPS) is 11.3. The molecule has 0 aliphatic carbocycles. The summed E-state index contributed by atoms with van der Waals surface area (Å²) in [6.45, 7) is 0.583. The van der Waals surface area contributed by atoms with Gasteiger partial charge in [0.25, 0.3) is 0 Å². The van der Waals surface area contributed by atoms with Gasteiger partial charge in [-0.25, -0.2) is 9.59 Å². The van der Waals surface area contributed by atoms with Crippen LogP contribution in [0.3, 0.4) is 0 Å². The zero-order chi connectivity index (χ0) is 20.1. The molecule has 0 aromatic heterocycles. The zero-order valence-electron chi connectivity index (χ0n) is 14.8. The van der Waals surface area contributed by atoms with Gasteiger partial charge in [-0.1, -0.05) is 36.8 Å². The van der Waals surface area contributed by atoms with E-state index >= 15 is 0 Å². The molecule has 9 nitrogen and oxygen atoms in total. The molecule has 0 fully saturated rings. The zero-order valence-corrected chi connectivity index (χ0v) is 14.8. The second-order valence-corrected chi connectivity index (χ2v) is 5.86. The minimum Gasteiger partial charge on any atom is -0.481 e. The number of carbonyl (C=O) groups is 4. The molecule has 0 bridgehead atoms. The predicted octanol–water partition coefficient (Wildman–Crippen LogP) is 1.52. The van der Waals surface area contributed by atoms with E-state index in [1.807, 2.05) is 30.3 Å². The molecule has 0 spiro atoms. The van der Waals surface area contributed by atoms with Crippen LogP contribution in [0.1, 0.15) is 37.7 Å². The maximum absolute atomic E-state index is 11.6. The molecule has 2 amide bonds. The molecule has 0 aliphatic rings. The van der Waals surface area contributed by atoms with Crippen molar-refractivity contribution in [1.82, 2.24) is 10.6 Å². The summed E-state index contributed by atoms with van der Waals surface area (Å²) >= 11 is 0. The fraction of sp³-hybridized carbons (Fsp3) is 0.444. The van der Waals surface area contributed by atoms with Crippen molar-refractivity contribution < 1.29 is 34.1 Å². The molecule has 1 rings (SSSR count). The van der Waals surface area contributed by atoms with Crippen molar-refractivity contribution in [2.45, 2.75) is 44.8 Å². The first-order valence-corrected chi connectivity index (χ1v) is 8.57. The Morgan fingerprint density at radius 2 is 1.70 bits per heavy atom. The molecule has 0 radical (unpaired) electrons. The molecule has 0 saturated heterocycles. The Morgan fingerprint density at radius 1 is 1.00 bits per heavy atom. The topological polar surface area (TPSA) is 142 Å². The van der Waals surface area contributed by atoms with E-state index in [0.717, 1.165) is 5.56 Å². The van der Waals surface area contributed by atoms with E-state index in [2.05, 4.69) is 10.6 Å². The summed E-state index contributed by atoms with van der Waals surface area (Å²) < 4.78 is 5.05. The summed E-state index contributed by atoms with van der Waals surface area (Å²) in [7, 11) is 0. The highest BCUT2D eigenvalue weighted by atomic mass is 16.5. The quantitative estimate of drug-likeness (QED) is 0.403. The fourth-order valence-electron chi connectivity index (χ4n) is 2.19. The highest BCUT2D eigenvalue weighted by Gasteiger charge is 2.22. The summed E-state index contributed by atoms with van der Waals surface area (Å²) in [5.41, 5.74) is 0.890. The van der Waals surface area contributed by atoms with Crippen LogP contribution in [0, 0.1) is 0 Å². The second-order valence-electron chi connectivity index (χ2n) is 5.86. The highest BCUT2D eigenvalue weighted by molar-refractivity contribution is 5.86. The average molecular weight is 380 g/mol. The predicted molar refractivity (Wildman–Crippen MR) is 94.9 cm³/mol. The largest absolute Gasteiger partial charge is 0.481 e. The van der Waals surface area contributed by atoms with Crippen LogP contribution in [0.15, 0.2) is 30.3 Å². The number of nitrogens with one attached hydrogen (secondary N) is 2. The van der Waals surface area contributed by atoms with Crippen molar-refractivity contribution in [3.63, 3.8) is 0 Å². The molecule has 148 valence electrons. The molecule has 0 saturated carbocycles. The number of unbranched alkanes of at least 4 members (excludes halogenated alkanes) is 2. The lowest BCUT2D eigenvalue weighted by Gasteiger charge is -2.12. The third-order valence-corrected chi connectivity index (χ3v) is 3.57. The van der Waals surface area contributed by atoms with Gasteiger partial charge in [-0.2, -0.15) is 0 Å². The van der Waals surface area contributed by atoms with E-state index in [1.54, 1.807) is 0 Å². The summed E-state index contributed by atoms with van der Waals surface area (Å²) in [5, 5.41) is 22.2. The average Bonchev–Trinajstić information content (AvgIpc) is 2.62. The Kier molecular flexibility index (Phi) is 9.98. The number of carboxylic acid groups (broad SMARTS) is 2. The Labute approximate surface area is 156 Å². The first-order valence-electron chi connectivity index (χ1n) is 8.57. The van der Waals surface area contributed by atoms with Crippen LogP contribution in [-0.2, 0) is 25.7 Å². The Morgan fingerprint density at radius 3 is 2.33 bits per heavy atom. The van der Waals surface area contributed by atoms with E-state index in [1.165, 1.54) is 0 Å². The first kappa shape index (κ1) is 21.9. The smallest absolute Gasteiger partial charge is 0.407 e. The molecule has 1 atom stereocenters. The van der Waals surface area contributed by atoms with Crippen LogP contribution in [0.25, 0.3) is 0 Å². The van der Waals surface area contributed by atoms with Crippen molar-refractivity contribution in [2.24, 2.45) is 0 Å². The third-order valence-electron chi connectivity index (χ3n) is 3.57. The molecule has 0 aliphatic heterocycles. The number of rotatable bonds is 12. The summed E-state index contributed by atoms with van der Waals surface area (Å²) in [4.78, 5) is 44.6. The van der Waals surface area contributed by atoms with Gasteiger partial charge < -0.3 is 25.6 Å². The van der Waals surface area contributed by atoms with Gasteiger partial charge in [0.15, 0.2) is 0 Å². The van der Waals surface area contributed by atoms with Gasteiger partial charge in [-0.15, -0.1) is 0 Å². The van der Waals surface area contributed by atoms with Crippen LogP contribution >= 0.6 is 0 Å². The highest BCUT2D eigenvalue weighted by Crippen LogP contribution is 2.02. The van der Waals surface area contributed by atoms with Crippen molar-refractivity contribution in [3.05, 3.63) is 35.9 Å². The number of benzene rings is 1. The second kappa shape index (κ2) is 12.3. The molecule has 9 heteroatoms. The van der Waals surface area contributed by atoms with Gasteiger partial charge in [-0.05, 0) is 18.4 Å². The standard InChI is InChI=1S/C18H24N2O7/c21-15(20-14(17(24)25)11-16(22)23)9-5-2-6-10-19-18(26)27-12-13-7-3-1-4-8-13/h1,3-4,7-8,14H,2,5-6,9-12H2,(H,19,26)(H,20,21)(H,22,23)(H,24,25)/t14-/m0/s1. The summed E-state index contributed by atoms with van der Waals surface area (Å²) in [5.74, 6) is -3.20. The van der Waals surface area contributed by atoms with Gasteiger partial charge in [-0.3, -0.25) is 9.59 Å². The lowest BCUT2D eigenvalue weighted by atomic mass is 10.1. The van der Waals surface area contributed by atoms with E-state index < -0.39 is 36.4 Å². The molecule has 27 heavy (non-hydrogen) atoms. The van der Waals surface area contributed by atoms with Gasteiger partial charge in [0.2, 0.25) is 5.91 Å². The van der Waals surface area contributed by atoms with Gasteiger partial charge in [0, 0.05) is 13.0 Å². The van der Waals surface area contributed by atoms with Crippen LogP contribution < -0.4 is 10.6 Å². The summed E-state index contributed by atoms with van der Waals surface area (Å²) in [6, 6.07) is 7.85. The maximum atomic E-state index is 11.6. The van der Waals surface area contributed by atoms with Crippen LogP contribution in [0.4, 0.5) is 4.79 Å². The minimum absolute atomic E-state index is 0.0852. The number of ether oxygens (including phenoxy) is 1. The number of carbonyl (C=O) groups excluding carboxylic acids is 2. The molecule has 4 N–H and O–H groups in total. The van der Waals surface area contributed by atoms with Crippen molar-refractivity contribution >= 4 is 23.9 Å². The Hall–Kier alpha value is -3.10. The SMILES string of the molecule is O=C(O)C[C@H](NC(=O)CCCCCNC(=O)OCc1ccccc1)C(=O)O. The first-order chi connectivity index (χ1) is 12.9. The lowest BCUT2D eigenvalue weighted by Crippen LogP contribution is -2.42. The number of amides is 2. The maximum Gasteiger partial charge on any atom is 0.407 e. The van der Waals surface area contributed by atoms with Crippen LogP contribution in [0.2, 0.25) is 0 Å². The van der Waals surface area contributed by atoms with Gasteiger partial charge in [0.1, 0.15) is 12.6 Å². The van der Waals surface area contributed by atoms with E-state index in [9.17, 15) is 19.2 Å². The van der Waals surface area contributed by atoms with Crippen molar-refractivity contribution in [3.8, 4) is 0 Å². The fourth-order valence-corrected chi connectivity index (χ4v) is 2.19. The number of carboxylic acids is 2. The molecular weight excluding hydrogens is 356 g/mol. The summed E-state index contributed by atoms with van der Waals surface area (Å²) in [6.07, 6.45) is 0.660. The van der Waals surface area contributed by atoms with E-state index in [-0.39, 0.29) is 13.0 Å². The van der Waals surface area contributed by atoms with Gasteiger partial charge in [0.05, 0.1) is 6.42 Å². The molecule has 1 aromatic carbocycles. The molecule has 0 heterocycles. The van der Waals surface area contributed by atoms with Crippen LogP contribution in [-0.4, -0.2) is 46.7 Å².